The van der Waals surface area contributed by atoms with Crippen LogP contribution in [0.5, 0.6) is 0 Å². The van der Waals surface area contributed by atoms with Crippen molar-refractivity contribution in [3.05, 3.63) is 76.8 Å². The van der Waals surface area contributed by atoms with Crippen LogP contribution in [-0.2, 0) is 11.3 Å². The van der Waals surface area contributed by atoms with Crippen molar-refractivity contribution in [1.82, 2.24) is 9.88 Å². The fraction of sp³-hybridized carbons (Fsp3) is 0.0526. The van der Waals surface area contributed by atoms with E-state index in [0.29, 0.717) is 4.91 Å². The zero-order valence-corrected chi connectivity index (χ0v) is 13.5. The number of benzene rings is 2. The van der Waals surface area contributed by atoms with Crippen LogP contribution < -0.4 is 5.32 Å². The number of hydrogen-bond acceptors (Lipinski definition) is 3. The molecular weight excluding hydrogens is 320 g/mol. The molecule has 24 heavy (non-hydrogen) atoms. The van der Waals surface area contributed by atoms with Gasteiger partial charge in [-0.25, -0.2) is 0 Å². The Morgan fingerprint density at radius 3 is 2.58 bits per heavy atom. The number of carbonyl (C=O) groups is 2. The summed E-state index contributed by atoms with van der Waals surface area (Å²) in [6, 6.07) is 18.3. The van der Waals surface area contributed by atoms with E-state index < -0.39 is 0 Å². The highest BCUT2D eigenvalue weighted by atomic mass is 32.2. The number of rotatable bonds is 3. The summed E-state index contributed by atoms with van der Waals surface area (Å²) in [7, 11) is 0. The normalized spacial score (nSPS) is 16.1. The lowest BCUT2D eigenvalue weighted by Crippen LogP contribution is -2.17. The van der Waals surface area contributed by atoms with Crippen LogP contribution in [0.3, 0.4) is 0 Å². The smallest absolute Gasteiger partial charge is 0.290 e. The van der Waals surface area contributed by atoms with E-state index in [1.165, 1.54) is 5.56 Å². The lowest BCUT2D eigenvalue weighted by atomic mass is 10.1. The van der Waals surface area contributed by atoms with E-state index >= 15 is 0 Å². The van der Waals surface area contributed by atoms with Crippen LogP contribution in [0.1, 0.15) is 11.1 Å². The number of thioether (sulfide) groups is 1. The molecule has 2 amide bonds. The Kier molecular flexibility index (Phi) is 3.70. The molecule has 5 heteroatoms. The zero-order chi connectivity index (χ0) is 16.5. The van der Waals surface area contributed by atoms with E-state index in [-0.39, 0.29) is 11.1 Å². The molecule has 3 aromatic rings. The average Bonchev–Trinajstić information content (AvgIpc) is 3.13. The number of aromatic nitrogens is 1. The number of nitrogens with zero attached hydrogens (tertiary/aromatic N) is 1. The predicted molar refractivity (Wildman–Crippen MR) is 96.6 cm³/mol. The molecule has 118 valence electrons. The molecule has 1 aliphatic heterocycles. The molecule has 1 aromatic heterocycles. The maximum absolute atomic E-state index is 11.7. The fourth-order valence-electron chi connectivity index (χ4n) is 2.85. The number of nitrogens with one attached hydrogen (secondary N) is 1. The largest absolute Gasteiger partial charge is 0.343 e. The third kappa shape index (κ3) is 2.74. The lowest BCUT2D eigenvalue weighted by molar-refractivity contribution is -0.115. The standard InChI is InChI=1S/C19H14N2O2S/c22-18-17(24-19(23)20-18)11-14-7-4-8-16-15(14)9-10-21(16)12-13-5-2-1-3-6-13/h1-11H,12H2,(H,20,22,23)/b17-11-. The molecule has 1 aliphatic rings. The van der Waals surface area contributed by atoms with Gasteiger partial charge in [0.1, 0.15) is 0 Å². The van der Waals surface area contributed by atoms with Gasteiger partial charge in [0.15, 0.2) is 0 Å². The summed E-state index contributed by atoms with van der Waals surface area (Å²) < 4.78 is 2.18. The van der Waals surface area contributed by atoms with Crippen LogP contribution in [0, 0.1) is 0 Å². The van der Waals surface area contributed by atoms with Gasteiger partial charge in [0.2, 0.25) is 0 Å². The first-order valence-electron chi connectivity index (χ1n) is 7.57. The summed E-state index contributed by atoms with van der Waals surface area (Å²) >= 11 is 0.941. The first kappa shape index (κ1) is 14.8. The van der Waals surface area contributed by atoms with Crippen LogP contribution in [0.2, 0.25) is 0 Å². The fourth-order valence-corrected chi connectivity index (χ4v) is 3.53. The molecule has 2 heterocycles. The molecule has 0 saturated carbocycles. The average molecular weight is 334 g/mol. The zero-order valence-electron chi connectivity index (χ0n) is 12.7. The van der Waals surface area contributed by atoms with E-state index in [0.717, 1.165) is 34.8 Å². The highest BCUT2D eigenvalue weighted by Crippen LogP contribution is 2.29. The molecule has 1 fully saturated rings. The van der Waals surface area contributed by atoms with E-state index in [2.05, 4.69) is 28.1 Å². The van der Waals surface area contributed by atoms with Gasteiger partial charge in [0.05, 0.1) is 4.91 Å². The quantitative estimate of drug-likeness (QED) is 0.736. The second kappa shape index (κ2) is 6.02. The Morgan fingerprint density at radius 2 is 1.83 bits per heavy atom. The number of carbonyl (C=O) groups excluding carboxylic acids is 2. The Morgan fingerprint density at radius 1 is 1.00 bits per heavy atom. The van der Waals surface area contributed by atoms with Gasteiger partial charge in [0.25, 0.3) is 11.1 Å². The summed E-state index contributed by atoms with van der Waals surface area (Å²) in [6.07, 6.45) is 3.83. The monoisotopic (exact) mass is 334 g/mol. The van der Waals surface area contributed by atoms with Crippen molar-refractivity contribution in [2.24, 2.45) is 0 Å². The Hall–Kier alpha value is -2.79. The number of hydrogen-bond donors (Lipinski definition) is 1. The molecule has 0 atom stereocenters. The maximum atomic E-state index is 11.7. The molecule has 0 spiro atoms. The summed E-state index contributed by atoms with van der Waals surface area (Å²) in [5, 5.41) is 3.03. The molecule has 2 aromatic carbocycles. The third-order valence-corrected chi connectivity index (χ3v) is 4.78. The van der Waals surface area contributed by atoms with Crippen LogP contribution >= 0.6 is 11.8 Å². The van der Waals surface area contributed by atoms with Gasteiger partial charge in [-0.2, -0.15) is 0 Å². The number of fused-ring (bicyclic) bond motifs is 1. The van der Waals surface area contributed by atoms with Crippen molar-refractivity contribution in [2.75, 3.05) is 0 Å². The van der Waals surface area contributed by atoms with Gasteiger partial charge in [0, 0.05) is 23.6 Å². The maximum Gasteiger partial charge on any atom is 0.290 e. The van der Waals surface area contributed by atoms with E-state index in [4.69, 9.17) is 0 Å². The summed E-state index contributed by atoms with van der Waals surface area (Å²) in [6.45, 7) is 0.790. The molecular formula is C19H14N2O2S. The Bertz CT molecular complexity index is 973. The molecule has 0 bridgehead atoms. The first-order valence-corrected chi connectivity index (χ1v) is 8.39. The van der Waals surface area contributed by atoms with Crippen LogP contribution in [0.15, 0.2) is 65.7 Å². The topological polar surface area (TPSA) is 51.1 Å². The molecule has 0 aliphatic carbocycles. The summed E-state index contributed by atoms with van der Waals surface area (Å²) in [4.78, 5) is 23.5. The highest BCUT2D eigenvalue weighted by molar-refractivity contribution is 8.18. The summed E-state index contributed by atoms with van der Waals surface area (Å²) in [5.41, 5.74) is 3.27. The minimum absolute atomic E-state index is 0.319. The minimum Gasteiger partial charge on any atom is -0.343 e. The van der Waals surface area contributed by atoms with Crippen molar-refractivity contribution in [3.63, 3.8) is 0 Å². The van der Waals surface area contributed by atoms with Crippen molar-refractivity contribution < 1.29 is 9.59 Å². The SMILES string of the molecule is O=C1NC(=O)/C(=C/c2cccc3c2ccn3Cc2ccccc2)S1. The third-order valence-electron chi connectivity index (χ3n) is 3.97. The van der Waals surface area contributed by atoms with Gasteiger partial charge in [-0.15, -0.1) is 0 Å². The number of amides is 2. The lowest BCUT2D eigenvalue weighted by Gasteiger charge is -2.06. The second-order valence-corrected chi connectivity index (χ2v) is 6.58. The van der Waals surface area contributed by atoms with Crippen molar-refractivity contribution in [2.45, 2.75) is 6.54 Å². The van der Waals surface area contributed by atoms with E-state index in [9.17, 15) is 9.59 Å². The molecule has 4 nitrogen and oxygen atoms in total. The first-order chi connectivity index (χ1) is 11.7. The van der Waals surface area contributed by atoms with Crippen molar-refractivity contribution in [3.8, 4) is 0 Å². The van der Waals surface area contributed by atoms with Gasteiger partial charge >= 0.3 is 0 Å². The van der Waals surface area contributed by atoms with E-state index in [1.807, 2.05) is 42.6 Å². The predicted octanol–water partition coefficient (Wildman–Crippen LogP) is 4.01. The van der Waals surface area contributed by atoms with Crippen LogP contribution in [0.25, 0.3) is 17.0 Å². The number of imide groups is 1. The molecule has 4 rings (SSSR count). The van der Waals surface area contributed by atoms with E-state index in [1.54, 1.807) is 6.08 Å². The minimum atomic E-state index is -0.328. The van der Waals surface area contributed by atoms with Crippen LogP contribution in [0.4, 0.5) is 4.79 Å². The van der Waals surface area contributed by atoms with Gasteiger partial charge in [-0.1, -0.05) is 42.5 Å². The van der Waals surface area contributed by atoms with Crippen LogP contribution in [-0.4, -0.2) is 15.7 Å². The summed E-state index contributed by atoms with van der Waals surface area (Å²) in [5.74, 6) is -0.328. The highest BCUT2D eigenvalue weighted by Gasteiger charge is 2.25. The molecule has 0 unspecified atom stereocenters. The van der Waals surface area contributed by atoms with Crippen molar-refractivity contribution >= 4 is 39.9 Å². The molecule has 1 saturated heterocycles. The van der Waals surface area contributed by atoms with Crippen molar-refractivity contribution in [1.29, 1.82) is 0 Å². The Labute approximate surface area is 143 Å². The molecule has 0 radical (unpaired) electrons. The second-order valence-electron chi connectivity index (χ2n) is 5.56. The van der Waals surface area contributed by atoms with Gasteiger partial charge in [-0.05, 0) is 41.1 Å². The van der Waals surface area contributed by atoms with Gasteiger partial charge in [-0.3, -0.25) is 14.9 Å². The Balaban J connectivity index is 1.73. The van der Waals surface area contributed by atoms with Gasteiger partial charge < -0.3 is 4.57 Å². The molecule has 1 N–H and O–H groups in total.